The molecule has 13 rings (SSSR count). The van der Waals surface area contributed by atoms with Crippen LogP contribution in [0, 0.1) is 0 Å². The number of anilines is 5. The summed E-state index contributed by atoms with van der Waals surface area (Å²) in [6.07, 6.45) is 4.70. The van der Waals surface area contributed by atoms with Crippen LogP contribution in [-0.4, -0.2) is 7.28 Å². The summed E-state index contributed by atoms with van der Waals surface area (Å²) in [5.74, 6) is 0. The third kappa shape index (κ3) is 5.77. The molecule has 0 saturated heterocycles. The summed E-state index contributed by atoms with van der Waals surface area (Å²) >= 11 is 0. The van der Waals surface area contributed by atoms with E-state index in [4.69, 9.17) is 0 Å². The maximum atomic E-state index is 4.13. The highest BCUT2D eigenvalue weighted by Gasteiger charge is 2.51. The lowest BCUT2D eigenvalue weighted by Gasteiger charge is -2.45. The summed E-state index contributed by atoms with van der Waals surface area (Å²) < 4.78 is 0. The average molecular weight is 880 g/mol. The van der Waals surface area contributed by atoms with Gasteiger partial charge in [-0.3, -0.25) is 0 Å². The number of para-hydroxylation sites is 2. The average Bonchev–Trinajstić information content (AvgIpc) is 3.63. The zero-order valence-corrected chi connectivity index (χ0v) is 40.9. The molecule has 2 heterocycles. The molecule has 2 aliphatic heterocycles. The molecule has 8 aromatic carbocycles. The highest BCUT2D eigenvalue weighted by Crippen LogP contribution is 2.62. The van der Waals surface area contributed by atoms with E-state index in [2.05, 4.69) is 237 Å². The summed E-state index contributed by atoms with van der Waals surface area (Å²) in [7, 11) is 2.54. The van der Waals surface area contributed by atoms with Crippen LogP contribution in [0.25, 0.3) is 33.4 Å². The minimum absolute atomic E-state index is 0.0588. The molecule has 68 heavy (non-hydrogen) atoms. The van der Waals surface area contributed by atoms with E-state index in [0.29, 0.717) is 0 Å². The fraction of sp³-hybridized carbons (Fsp3) is 0.262. The third-order valence-electron chi connectivity index (χ3n) is 17.4. The van der Waals surface area contributed by atoms with Crippen LogP contribution in [0.2, 0.25) is 0 Å². The highest BCUT2D eigenvalue weighted by molar-refractivity contribution is 6.73. The van der Waals surface area contributed by atoms with Crippen LogP contribution < -0.4 is 21.1 Å². The van der Waals surface area contributed by atoms with Crippen molar-refractivity contribution in [3.05, 3.63) is 208 Å². The lowest BCUT2D eigenvalue weighted by molar-refractivity contribution is 0.332. The first-order chi connectivity index (χ1) is 32.7. The van der Waals surface area contributed by atoms with Gasteiger partial charge < -0.3 is 10.2 Å². The first-order valence-corrected chi connectivity index (χ1v) is 25.1. The zero-order valence-electron chi connectivity index (χ0n) is 40.9. The van der Waals surface area contributed by atoms with Gasteiger partial charge in [-0.2, -0.15) is 0 Å². The third-order valence-corrected chi connectivity index (χ3v) is 17.4. The monoisotopic (exact) mass is 879 g/mol. The number of nitrogens with zero attached hydrogens (tertiary/aromatic N) is 1. The molecule has 1 radical (unpaired) electrons. The molecular weight excluding hydrogens is 820 g/mol. The first kappa shape index (κ1) is 41.6. The van der Waals surface area contributed by atoms with Gasteiger partial charge in [-0.25, -0.2) is 0 Å². The molecule has 8 aromatic rings. The number of fused-ring (bicyclic) bond motifs is 13. The lowest BCUT2D eigenvalue weighted by Crippen LogP contribution is -2.44. The molecule has 0 aromatic heterocycles. The Kier molecular flexibility index (Phi) is 8.71. The van der Waals surface area contributed by atoms with Gasteiger partial charge >= 0.3 is 0 Å². The standard InChI is InChI=1S/C65H60BN2/c1-61(2)31-32-62(3,4)52-37-42(29-30-49(52)61)68-57-39-54-53(63(5,6)33-34-64(54,7)8)38-55(57)66-59-46(35-41(36-58(59)68)40-19-10-9-11-20-40)45-23-18-27-51-60(45)67-56-28-17-16-26-50(56)65(51)47-24-14-12-21-43(47)44-22-13-15-25-48(44)65/h9-30,35-39,67H,31-34H2,1-8H3. The van der Waals surface area contributed by atoms with Crippen LogP contribution in [0.1, 0.15) is 126 Å². The molecule has 5 aliphatic rings. The van der Waals surface area contributed by atoms with Gasteiger partial charge in [0.05, 0.1) is 11.1 Å². The van der Waals surface area contributed by atoms with Crippen molar-refractivity contribution >= 4 is 46.6 Å². The van der Waals surface area contributed by atoms with Gasteiger partial charge in [0.2, 0.25) is 0 Å². The van der Waals surface area contributed by atoms with E-state index in [1.165, 1.54) is 137 Å². The van der Waals surface area contributed by atoms with Crippen LogP contribution in [0.4, 0.5) is 28.4 Å². The number of hydrogen-bond acceptors (Lipinski definition) is 2. The Labute approximate surface area is 404 Å². The van der Waals surface area contributed by atoms with Gasteiger partial charge in [-0.1, -0.05) is 188 Å². The second-order valence-corrected chi connectivity index (χ2v) is 23.3. The molecule has 3 heteroatoms. The molecule has 1 N–H and O–H groups in total. The largest absolute Gasteiger partial charge is 0.354 e. The van der Waals surface area contributed by atoms with Gasteiger partial charge in [0, 0.05) is 28.3 Å². The van der Waals surface area contributed by atoms with E-state index >= 15 is 0 Å². The molecule has 0 atom stereocenters. The molecule has 0 bridgehead atoms. The van der Waals surface area contributed by atoms with Crippen molar-refractivity contribution in [1.82, 2.24) is 0 Å². The van der Waals surface area contributed by atoms with E-state index < -0.39 is 5.41 Å². The smallest absolute Gasteiger partial charge is 0.197 e. The van der Waals surface area contributed by atoms with Gasteiger partial charge in [-0.05, 0) is 162 Å². The summed E-state index contributed by atoms with van der Waals surface area (Å²) in [5.41, 5.74) is 27.1. The molecular formula is C65H60BN2. The molecule has 0 fully saturated rings. The van der Waals surface area contributed by atoms with E-state index in [9.17, 15) is 0 Å². The Morgan fingerprint density at radius 1 is 0.397 bits per heavy atom. The maximum absolute atomic E-state index is 4.13. The Morgan fingerprint density at radius 3 is 1.62 bits per heavy atom. The van der Waals surface area contributed by atoms with Gasteiger partial charge in [0.25, 0.3) is 0 Å². The molecule has 1 spiro atoms. The summed E-state index contributed by atoms with van der Waals surface area (Å²) in [6, 6.07) is 63.0. The molecule has 2 nitrogen and oxygen atoms in total. The van der Waals surface area contributed by atoms with Crippen molar-refractivity contribution in [3.8, 4) is 33.4 Å². The lowest BCUT2D eigenvalue weighted by atomic mass is 9.54. The summed E-state index contributed by atoms with van der Waals surface area (Å²) in [5, 5.41) is 4.13. The van der Waals surface area contributed by atoms with E-state index in [1.54, 1.807) is 0 Å². The van der Waals surface area contributed by atoms with Crippen LogP contribution >= 0.6 is 0 Å². The van der Waals surface area contributed by atoms with Crippen LogP contribution in [0.5, 0.6) is 0 Å². The molecule has 0 amide bonds. The van der Waals surface area contributed by atoms with E-state index in [0.717, 1.165) is 5.69 Å². The normalized spacial score (nSPS) is 18.6. The second-order valence-electron chi connectivity index (χ2n) is 23.3. The summed E-state index contributed by atoms with van der Waals surface area (Å²) in [4.78, 5) is 2.65. The van der Waals surface area contributed by atoms with Gasteiger partial charge in [0.1, 0.15) is 0 Å². The molecule has 333 valence electrons. The van der Waals surface area contributed by atoms with Crippen molar-refractivity contribution in [2.45, 2.75) is 108 Å². The Balaban J connectivity index is 1.12. The van der Waals surface area contributed by atoms with Gasteiger partial charge in [-0.15, -0.1) is 0 Å². The molecule has 0 saturated carbocycles. The predicted molar refractivity (Wildman–Crippen MR) is 288 cm³/mol. The summed E-state index contributed by atoms with van der Waals surface area (Å²) in [6.45, 7) is 19.6. The van der Waals surface area contributed by atoms with Crippen molar-refractivity contribution in [2.24, 2.45) is 0 Å². The van der Waals surface area contributed by atoms with Crippen LogP contribution in [-0.2, 0) is 27.1 Å². The molecule has 0 unspecified atom stereocenters. The first-order valence-electron chi connectivity index (χ1n) is 25.1. The van der Waals surface area contributed by atoms with Crippen molar-refractivity contribution in [2.75, 3.05) is 10.2 Å². The highest BCUT2D eigenvalue weighted by atomic mass is 15.2. The van der Waals surface area contributed by atoms with Crippen LogP contribution in [0.15, 0.2) is 164 Å². The van der Waals surface area contributed by atoms with Crippen molar-refractivity contribution < 1.29 is 0 Å². The topological polar surface area (TPSA) is 15.3 Å². The maximum Gasteiger partial charge on any atom is 0.197 e. The molecule has 3 aliphatic carbocycles. The minimum Gasteiger partial charge on any atom is -0.354 e. The Bertz CT molecular complexity index is 3380. The van der Waals surface area contributed by atoms with E-state index in [1.807, 2.05) is 0 Å². The number of benzene rings is 8. The number of nitrogens with one attached hydrogen (secondary N) is 1. The fourth-order valence-corrected chi connectivity index (χ4v) is 13.4. The number of hydrogen-bond donors (Lipinski definition) is 1. The number of rotatable bonds is 3. The quantitative estimate of drug-likeness (QED) is 0.178. The van der Waals surface area contributed by atoms with Gasteiger partial charge in [0.15, 0.2) is 7.28 Å². The Hall–Kier alpha value is -6.58. The fourth-order valence-electron chi connectivity index (χ4n) is 13.4. The SMILES string of the molecule is CC1(C)CCC(C)(C)c2cc(N3c4cc5c(cc4[B]c4c(-c6cccc7c6Nc6ccccc6C76c7ccccc7-c7ccccc76)cc(-c6ccccc6)cc43)C(C)(C)CCC5(C)C)ccc21. The predicted octanol–water partition coefficient (Wildman–Crippen LogP) is 15.6. The minimum atomic E-state index is -0.499. The van der Waals surface area contributed by atoms with Crippen LogP contribution in [0.3, 0.4) is 0 Å². The van der Waals surface area contributed by atoms with Crippen molar-refractivity contribution in [1.29, 1.82) is 0 Å². The second kappa shape index (κ2) is 14.2. The van der Waals surface area contributed by atoms with Crippen molar-refractivity contribution in [3.63, 3.8) is 0 Å². The van der Waals surface area contributed by atoms with E-state index in [-0.39, 0.29) is 21.7 Å². The Morgan fingerprint density at radius 2 is 0.941 bits per heavy atom. The zero-order chi connectivity index (χ0) is 46.5.